The first kappa shape index (κ1) is 15.9. The summed E-state index contributed by atoms with van der Waals surface area (Å²) >= 11 is 0. The third-order valence-electron chi connectivity index (χ3n) is 3.46. The van der Waals surface area contributed by atoms with Crippen molar-refractivity contribution in [2.75, 3.05) is 18.5 Å². The van der Waals surface area contributed by atoms with Crippen LogP contribution in [0.2, 0.25) is 0 Å². The molecule has 0 radical (unpaired) electrons. The molecule has 0 aliphatic carbocycles. The summed E-state index contributed by atoms with van der Waals surface area (Å²) in [4.78, 5) is 12.0. The number of aromatic nitrogens is 2. The molecule has 3 rings (SSSR count). The molecule has 0 spiro atoms. The predicted octanol–water partition coefficient (Wildman–Crippen LogP) is 3.37. The average Bonchev–Trinajstić information content (AvgIpc) is 3.00. The molecule has 1 amide bonds. The van der Waals surface area contributed by atoms with Gasteiger partial charge in [0.25, 0.3) is 0 Å². The molecule has 6 heteroatoms. The molecule has 0 atom stereocenters. The van der Waals surface area contributed by atoms with Crippen LogP contribution in [0, 0.1) is 0 Å². The van der Waals surface area contributed by atoms with E-state index in [0.29, 0.717) is 24.8 Å². The summed E-state index contributed by atoms with van der Waals surface area (Å²) in [6.45, 7) is 2.86. The zero-order valence-electron chi connectivity index (χ0n) is 13.4. The molecule has 24 heavy (non-hydrogen) atoms. The van der Waals surface area contributed by atoms with Gasteiger partial charge in [-0.3, -0.25) is 9.89 Å². The Bertz CT molecular complexity index is 812. The molecule has 0 bridgehead atoms. The molecule has 0 fully saturated rings. The van der Waals surface area contributed by atoms with Gasteiger partial charge in [-0.25, -0.2) is 0 Å². The second-order valence-electron chi connectivity index (χ2n) is 5.17. The van der Waals surface area contributed by atoms with Gasteiger partial charge in [0.2, 0.25) is 5.91 Å². The second kappa shape index (κ2) is 7.50. The lowest BCUT2D eigenvalue weighted by Gasteiger charge is -2.07. The first-order chi connectivity index (χ1) is 11.8. The number of carbonyl (C=O) groups excluding carboxylic acids is 1. The standard InChI is InChI=1S/C18H19N3O3/c1-2-23-13-7-9-14(10-8-13)24-12-11-17(22)19-18-15-5-3-4-6-16(15)20-21-18/h3-10H,2,11-12H2,1H3,(H2,19,20,21,22). The highest BCUT2D eigenvalue weighted by Crippen LogP contribution is 2.20. The number of para-hydroxylation sites is 1. The molecule has 2 N–H and O–H groups in total. The quantitative estimate of drug-likeness (QED) is 0.698. The Morgan fingerprint density at radius 1 is 1.08 bits per heavy atom. The summed E-state index contributed by atoms with van der Waals surface area (Å²) in [5, 5.41) is 10.7. The van der Waals surface area contributed by atoms with E-state index >= 15 is 0 Å². The van der Waals surface area contributed by atoms with Gasteiger partial charge in [-0.15, -0.1) is 0 Å². The van der Waals surface area contributed by atoms with E-state index in [2.05, 4.69) is 15.5 Å². The highest BCUT2D eigenvalue weighted by molar-refractivity contribution is 5.99. The van der Waals surface area contributed by atoms with E-state index in [0.717, 1.165) is 16.7 Å². The first-order valence-corrected chi connectivity index (χ1v) is 7.85. The van der Waals surface area contributed by atoms with Crippen molar-refractivity contribution in [3.05, 3.63) is 48.5 Å². The Morgan fingerprint density at radius 2 is 1.79 bits per heavy atom. The monoisotopic (exact) mass is 325 g/mol. The van der Waals surface area contributed by atoms with E-state index < -0.39 is 0 Å². The largest absolute Gasteiger partial charge is 0.494 e. The van der Waals surface area contributed by atoms with Crippen LogP contribution in [0.3, 0.4) is 0 Å². The molecular weight excluding hydrogens is 306 g/mol. The fourth-order valence-electron chi connectivity index (χ4n) is 2.31. The zero-order valence-corrected chi connectivity index (χ0v) is 13.4. The van der Waals surface area contributed by atoms with E-state index in [9.17, 15) is 4.79 Å². The third-order valence-corrected chi connectivity index (χ3v) is 3.46. The number of nitrogens with one attached hydrogen (secondary N) is 2. The van der Waals surface area contributed by atoms with Crippen molar-refractivity contribution in [2.24, 2.45) is 0 Å². The Hall–Kier alpha value is -3.02. The van der Waals surface area contributed by atoms with Gasteiger partial charge in [0, 0.05) is 5.39 Å². The van der Waals surface area contributed by atoms with E-state index in [1.54, 1.807) is 0 Å². The Morgan fingerprint density at radius 3 is 2.54 bits per heavy atom. The number of H-pyrrole nitrogens is 1. The number of benzene rings is 2. The lowest BCUT2D eigenvalue weighted by Crippen LogP contribution is -2.15. The van der Waals surface area contributed by atoms with E-state index in [-0.39, 0.29) is 12.3 Å². The van der Waals surface area contributed by atoms with Crippen molar-refractivity contribution in [2.45, 2.75) is 13.3 Å². The fraction of sp³-hybridized carbons (Fsp3) is 0.222. The second-order valence-corrected chi connectivity index (χ2v) is 5.17. The van der Waals surface area contributed by atoms with Gasteiger partial charge in [-0.05, 0) is 43.3 Å². The minimum Gasteiger partial charge on any atom is -0.494 e. The van der Waals surface area contributed by atoms with Crippen LogP contribution in [0.4, 0.5) is 5.82 Å². The molecule has 0 aliphatic rings. The SMILES string of the molecule is CCOc1ccc(OCCC(=O)Nc2n[nH]c3ccccc23)cc1. The molecule has 124 valence electrons. The number of fused-ring (bicyclic) bond motifs is 1. The Balaban J connectivity index is 1.49. The maximum Gasteiger partial charge on any atom is 0.229 e. The lowest BCUT2D eigenvalue weighted by molar-refractivity contribution is -0.116. The summed E-state index contributed by atoms with van der Waals surface area (Å²) in [7, 11) is 0. The van der Waals surface area contributed by atoms with Crippen molar-refractivity contribution < 1.29 is 14.3 Å². The van der Waals surface area contributed by atoms with Gasteiger partial charge in [0.1, 0.15) is 11.5 Å². The number of hydrogen-bond donors (Lipinski definition) is 2. The molecule has 0 unspecified atom stereocenters. The highest BCUT2D eigenvalue weighted by Gasteiger charge is 2.09. The first-order valence-electron chi connectivity index (χ1n) is 7.85. The fourth-order valence-corrected chi connectivity index (χ4v) is 2.31. The van der Waals surface area contributed by atoms with Gasteiger partial charge in [-0.2, -0.15) is 5.10 Å². The van der Waals surface area contributed by atoms with Crippen molar-refractivity contribution in [3.8, 4) is 11.5 Å². The molecule has 0 saturated heterocycles. The van der Waals surface area contributed by atoms with Crippen LogP contribution in [0.15, 0.2) is 48.5 Å². The number of hydrogen-bond acceptors (Lipinski definition) is 4. The highest BCUT2D eigenvalue weighted by atomic mass is 16.5. The summed E-state index contributed by atoms with van der Waals surface area (Å²) in [5.41, 5.74) is 0.887. The molecule has 6 nitrogen and oxygen atoms in total. The van der Waals surface area contributed by atoms with Crippen LogP contribution in [-0.2, 0) is 4.79 Å². The number of anilines is 1. The summed E-state index contributed by atoms with van der Waals surface area (Å²) in [6.07, 6.45) is 0.244. The molecule has 0 aliphatic heterocycles. The summed E-state index contributed by atoms with van der Waals surface area (Å²) in [6, 6.07) is 15.0. The number of nitrogens with zero attached hydrogens (tertiary/aromatic N) is 1. The number of aromatic amines is 1. The topological polar surface area (TPSA) is 76.2 Å². The summed E-state index contributed by atoms with van der Waals surface area (Å²) < 4.78 is 10.9. The minimum absolute atomic E-state index is 0.141. The molecular formula is C18H19N3O3. The van der Waals surface area contributed by atoms with Gasteiger partial charge in [-0.1, -0.05) is 12.1 Å². The van der Waals surface area contributed by atoms with Crippen molar-refractivity contribution >= 4 is 22.6 Å². The average molecular weight is 325 g/mol. The molecule has 0 saturated carbocycles. The molecule has 1 heterocycles. The smallest absolute Gasteiger partial charge is 0.229 e. The maximum atomic E-state index is 12.0. The van der Waals surface area contributed by atoms with Crippen LogP contribution in [0.1, 0.15) is 13.3 Å². The Kier molecular flexibility index (Phi) is 4.96. The third kappa shape index (κ3) is 3.84. The number of amides is 1. The van der Waals surface area contributed by atoms with Gasteiger partial charge in [0.05, 0.1) is 25.2 Å². The van der Waals surface area contributed by atoms with Crippen molar-refractivity contribution in [3.63, 3.8) is 0 Å². The van der Waals surface area contributed by atoms with Crippen molar-refractivity contribution in [1.82, 2.24) is 10.2 Å². The predicted molar refractivity (Wildman–Crippen MR) is 92.4 cm³/mol. The number of carbonyl (C=O) groups is 1. The van der Waals surface area contributed by atoms with E-state index in [1.807, 2.05) is 55.5 Å². The van der Waals surface area contributed by atoms with E-state index in [4.69, 9.17) is 9.47 Å². The zero-order chi connectivity index (χ0) is 16.8. The van der Waals surface area contributed by atoms with E-state index in [1.165, 1.54) is 0 Å². The number of rotatable bonds is 7. The van der Waals surface area contributed by atoms with Gasteiger partial charge in [0.15, 0.2) is 5.82 Å². The molecule has 3 aromatic rings. The van der Waals surface area contributed by atoms with Crippen LogP contribution >= 0.6 is 0 Å². The van der Waals surface area contributed by atoms with Crippen LogP contribution in [-0.4, -0.2) is 29.3 Å². The summed E-state index contributed by atoms with van der Waals surface area (Å²) in [5.74, 6) is 1.90. The normalized spacial score (nSPS) is 10.5. The Labute approximate surface area is 139 Å². The van der Waals surface area contributed by atoms with Gasteiger partial charge < -0.3 is 14.8 Å². The number of ether oxygens (including phenoxy) is 2. The molecule has 1 aromatic heterocycles. The van der Waals surface area contributed by atoms with Crippen LogP contribution < -0.4 is 14.8 Å². The lowest BCUT2D eigenvalue weighted by atomic mass is 10.2. The molecule has 2 aromatic carbocycles. The maximum absolute atomic E-state index is 12.0. The minimum atomic E-state index is -0.141. The van der Waals surface area contributed by atoms with Gasteiger partial charge >= 0.3 is 0 Å². The van der Waals surface area contributed by atoms with Crippen LogP contribution in [0.25, 0.3) is 10.9 Å². The van der Waals surface area contributed by atoms with Crippen molar-refractivity contribution in [1.29, 1.82) is 0 Å². The van der Waals surface area contributed by atoms with Crippen LogP contribution in [0.5, 0.6) is 11.5 Å².